The topological polar surface area (TPSA) is 89.5 Å². The van der Waals surface area contributed by atoms with Gasteiger partial charge in [0.25, 0.3) is 0 Å². The summed E-state index contributed by atoms with van der Waals surface area (Å²) in [6.45, 7) is 1.17. The van der Waals surface area contributed by atoms with Gasteiger partial charge in [-0.1, -0.05) is 24.3 Å². The first-order chi connectivity index (χ1) is 22.4. The van der Waals surface area contributed by atoms with Crippen LogP contribution in [0.5, 0.6) is 11.5 Å². The van der Waals surface area contributed by atoms with Gasteiger partial charge in [-0.3, -0.25) is 0 Å². The third-order valence-corrected chi connectivity index (χ3v) is 13.7. The number of rotatable bonds is 8. The van der Waals surface area contributed by atoms with Gasteiger partial charge in [0.05, 0.1) is 52.8 Å². The fourth-order valence-electron chi connectivity index (χ4n) is 13.1. The Bertz CT molecular complexity index is 1760. The van der Waals surface area contributed by atoms with Crippen molar-refractivity contribution in [3.8, 4) is 11.5 Å². The van der Waals surface area contributed by atoms with Gasteiger partial charge in [-0.2, -0.15) is 0 Å². The first kappa shape index (κ1) is 28.6. The van der Waals surface area contributed by atoms with Crippen LogP contribution in [-0.2, 0) is 28.5 Å². The summed E-state index contributed by atoms with van der Waals surface area (Å²) in [6, 6.07) is 12.9. The summed E-state index contributed by atoms with van der Waals surface area (Å²) in [5.41, 5.74) is 3.14. The highest BCUT2D eigenvalue weighted by molar-refractivity contribution is 6.06. The number of ether oxygens (including phenoxy) is 6. The van der Waals surface area contributed by atoms with Crippen LogP contribution in [-0.4, -0.2) is 67.8 Å². The molecule has 9 rings (SSSR count). The molecule has 0 N–H and O–H groups in total. The van der Waals surface area contributed by atoms with Crippen LogP contribution in [0.4, 0.5) is 0 Å². The molecular formula is C38H40O8. The maximum Gasteiger partial charge on any atom is 0.334 e. The summed E-state index contributed by atoms with van der Waals surface area (Å²) < 4.78 is 35.6. The Kier molecular flexibility index (Phi) is 5.89. The molecule has 0 radical (unpaired) electrons. The Labute approximate surface area is 268 Å². The lowest BCUT2D eigenvalue weighted by atomic mass is 9.28. The predicted octanol–water partition coefficient (Wildman–Crippen LogP) is 5.64. The van der Waals surface area contributed by atoms with Gasteiger partial charge in [-0.15, -0.1) is 0 Å². The van der Waals surface area contributed by atoms with E-state index in [2.05, 4.69) is 36.4 Å². The van der Waals surface area contributed by atoms with E-state index in [0.717, 1.165) is 35.1 Å². The molecule has 3 aromatic rings. The second-order valence-corrected chi connectivity index (χ2v) is 14.4. The largest absolute Gasteiger partial charge is 0.496 e. The van der Waals surface area contributed by atoms with Crippen molar-refractivity contribution in [2.75, 3.05) is 55.9 Å². The molecule has 0 aliphatic heterocycles. The Balaban J connectivity index is 1.28. The minimum Gasteiger partial charge on any atom is -0.496 e. The zero-order chi connectivity index (χ0) is 31.9. The van der Waals surface area contributed by atoms with Crippen LogP contribution in [0.3, 0.4) is 0 Å². The predicted molar refractivity (Wildman–Crippen MR) is 170 cm³/mol. The van der Waals surface area contributed by atoms with Crippen molar-refractivity contribution in [2.45, 2.75) is 24.7 Å². The number of fused-ring (bicyclic) bond motifs is 20. The van der Waals surface area contributed by atoms with Gasteiger partial charge < -0.3 is 28.4 Å². The van der Waals surface area contributed by atoms with E-state index in [4.69, 9.17) is 28.4 Å². The summed E-state index contributed by atoms with van der Waals surface area (Å²) in [6.07, 6.45) is 1.94. The SMILES string of the molecule is COC[C@@]12[C@@H]3[C@@H]([C@@H]4C[C@H]3c3c4c(OC)c4cc5ccccc5cc4c3OC)[C@]1(COC)[C@H]1C[C@@H]2[C@@H]2C(C(=O)OC)=C(C(=O)OC)[C@@H]21. The van der Waals surface area contributed by atoms with Gasteiger partial charge in [0.15, 0.2) is 0 Å². The maximum absolute atomic E-state index is 13.2. The van der Waals surface area contributed by atoms with E-state index >= 15 is 0 Å². The molecule has 8 heteroatoms. The van der Waals surface area contributed by atoms with Gasteiger partial charge in [0, 0.05) is 58.8 Å². The average Bonchev–Trinajstić information content (AvgIpc) is 3.75. The lowest BCUT2D eigenvalue weighted by molar-refractivity contribution is -0.294. The molecule has 0 unspecified atom stereocenters. The van der Waals surface area contributed by atoms with Crippen molar-refractivity contribution in [1.29, 1.82) is 0 Å². The number of benzene rings is 3. The number of carbonyl (C=O) groups excluding carboxylic acids is 2. The zero-order valence-corrected chi connectivity index (χ0v) is 27.2. The van der Waals surface area contributed by atoms with E-state index in [1.54, 1.807) is 28.4 Å². The molecule has 240 valence electrons. The van der Waals surface area contributed by atoms with Crippen LogP contribution in [0.2, 0.25) is 0 Å². The summed E-state index contributed by atoms with van der Waals surface area (Å²) in [7, 11) is 9.96. The van der Waals surface area contributed by atoms with E-state index in [1.807, 2.05) is 0 Å². The number of hydrogen-bond donors (Lipinski definition) is 0. The van der Waals surface area contributed by atoms with Crippen molar-refractivity contribution in [3.63, 3.8) is 0 Å². The van der Waals surface area contributed by atoms with Gasteiger partial charge in [0.2, 0.25) is 0 Å². The van der Waals surface area contributed by atoms with Gasteiger partial charge in [-0.25, -0.2) is 9.59 Å². The Morgan fingerprint density at radius 2 is 1.11 bits per heavy atom. The molecule has 4 fully saturated rings. The monoisotopic (exact) mass is 624 g/mol. The maximum atomic E-state index is 13.2. The molecule has 46 heavy (non-hydrogen) atoms. The number of methoxy groups -OCH3 is 6. The van der Waals surface area contributed by atoms with Gasteiger partial charge in [-0.05, 0) is 71.3 Å². The molecule has 4 saturated carbocycles. The standard InChI is InChI=1S/C38H40O8/c1-41-15-37-23-14-24(28-27(23)29(35(39)45-5)30(28)36(40)46-6)38(37,16-42-2)32-22-13-21(31(32)37)25-26(22)34(44-4)20-12-18-10-8-7-9-17(18)11-19(20)33(25)43-3/h7-12,21-24,27-28,31-32H,13-16H2,1-6H3/t21-,22+,23+,24-,27-,28+,31-,32+,37+,38-. The Morgan fingerprint density at radius 1 is 0.674 bits per heavy atom. The molecule has 0 amide bonds. The van der Waals surface area contributed by atoms with E-state index in [1.165, 1.54) is 36.1 Å². The highest BCUT2D eigenvalue weighted by Gasteiger charge is 2.90. The van der Waals surface area contributed by atoms with Gasteiger partial charge in [0.1, 0.15) is 11.5 Å². The summed E-state index contributed by atoms with van der Waals surface area (Å²) in [4.78, 5) is 26.5. The van der Waals surface area contributed by atoms with Crippen molar-refractivity contribution in [3.05, 3.63) is 58.7 Å². The smallest absolute Gasteiger partial charge is 0.334 e. The van der Waals surface area contributed by atoms with Crippen molar-refractivity contribution in [2.24, 2.45) is 46.3 Å². The van der Waals surface area contributed by atoms with Crippen LogP contribution >= 0.6 is 0 Å². The average molecular weight is 625 g/mol. The highest BCUT2D eigenvalue weighted by Crippen LogP contribution is 2.92. The van der Waals surface area contributed by atoms with Crippen LogP contribution in [0.1, 0.15) is 35.8 Å². The second kappa shape index (κ2) is 9.48. The summed E-state index contributed by atoms with van der Waals surface area (Å²) in [5, 5.41) is 4.50. The van der Waals surface area contributed by atoms with Crippen LogP contribution in [0, 0.1) is 46.3 Å². The second-order valence-electron chi connectivity index (χ2n) is 14.4. The fraction of sp³-hybridized carbons (Fsp3) is 0.526. The van der Waals surface area contributed by atoms with Crippen molar-refractivity contribution < 1.29 is 38.0 Å². The van der Waals surface area contributed by atoms with E-state index in [9.17, 15) is 9.59 Å². The minimum atomic E-state index is -0.418. The normalized spacial score (nSPS) is 36.9. The first-order valence-electron chi connectivity index (χ1n) is 16.4. The molecule has 10 atom stereocenters. The molecule has 0 saturated heterocycles. The molecule has 6 aliphatic rings. The Morgan fingerprint density at radius 3 is 1.48 bits per heavy atom. The van der Waals surface area contributed by atoms with Crippen molar-refractivity contribution >= 4 is 33.5 Å². The first-order valence-corrected chi connectivity index (χ1v) is 16.4. The molecule has 0 heterocycles. The number of carbonyl (C=O) groups is 2. The zero-order valence-electron chi connectivity index (χ0n) is 27.2. The third kappa shape index (κ3) is 2.84. The van der Waals surface area contributed by atoms with Gasteiger partial charge >= 0.3 is 11.9 Å². The van der Waals surface area contributed by atoms with E-state index < -0.39 is 11.9 Å². The molecule has 0 aromatic heterocycles. The molecule has 0 spiro atoms. The molecule has 3 aromatic carbocycles. The summed E-state index contributed by atoms with van der Waals surface area (Å²) >= 11 is 0. The Hall–Kier alpha value is -3.62. The van der Waals surface area contributed by atoms with E-state index in [-0.39, 0.29) is 46.3 Å². The molecular weight excluding hydrogens is 584 g/mol. The van der Waals surface area contributed by atoms with Crippen LogP contribution in [0.15, 0.2) is 47.5 Å². The quantitative estimate of drug-likeness (QED) is 0.138. The number of esters is 2. The molecule has 4 bridgehead atoms. The lowest BCUT2D eigenvalue weighted by Gasteiger charge is -2.75. The minimum absolute atomic E-state index is 0.0503. The van der Waals surface area contributed by atoms with Crippen LogP contribution in [0.25, 0.3) is 21.5 Å². The fourth-order valence-corrected chi connectivity index (χ4v) is 13.1. The summed E-state index contributed by atoms with van der Waals surface area (Å²) in [5.74, 6) is 2.47. The van der Waals surface area contributed by atoms with E-state index in [0.29, 0.717) is 36.2 Å². The van der Waals surface area contributed by atoms with Crippen molar-refractivity contribution in [1.82, 2.24) is 0 Å². The lowest BCUT2D eigenvalue weighted by Crippen LogP contribution is -2.75. The highest BCUT2D eigenvalue weighted by atomic mass is 16.5. The number of hydrogen-bond acceptors (Lipinski definition) is 8. The third-order valence-electron chi connectivity index (χ3n) is 13.7. The molecule has 8 nitrogen and oxygen atoms in total. The molecule has 6 aliphatic carbocycles. The van der Waals surface area contributed by atoms with Crippen LogP contribution < -0.4 is 9.47 Å².